The first-order valence-corrected chi connectivity index (χ1v) is 17.3. The number of carboxylic acid groups (broad SMARTS) is 1. The van der Waals surface area contributed by atoms with E-state index in [9.17, 15) is 19.8 Å². The van der Waals surface area contributed by atoms with Gasteiger partial charge in [0.2, 0.25) is 0 Å². The highest BCUT2D eigenvalue weighted by Gasteiger charge is 2.74. The van der Waals surface area contributed by atoms with Crippen LogP contribution in [0, 0.1) is 56.7 Å². The highest BCUT2D eigenvalue weighted by atomic mass is 16.6. The number of nitrogens with one attached hydrogen (secondary N) is 1. The molecule has 1 amide bonds. The fourth-order valence-corrected chi connectivity index (χ4v) is 12.9. The number of rotatable bonds is 5. The minimum absolute atomic E-state index is 0.00922. The Morgan fingerprint density at radius 2 is 1.59 bits per heavy atom. The average molecular weight is 608 g/mol. The average Bonchev–Trinajstić information content (AvgIpc) is 3.66. The van der Waals surface area contributed by atoms with Crippen molar-refractivity contribution < 1.29 is 29.3 Å². The standard InChI is InChI=1S/C37H53NO6/c1-32(2)26-14-17-35(5)27(33(26,3)16-15-28(32)39)12-11-24-29-25(13-18-36(29,30(40)41)20-19-34(24,35)4)37(22-44-37)21-43-31(42)38-23-9-7-6-8-10-23/h6-10,24-29,39H,11-22H2,1-5H3,(H,38,42)(H,40,41)/t24?,25-,26?,27?,28-,29?,33+,34-,35-,36+,37?/m1/s1. The third kappa shape index (κ3) is 4.06. The first kappa shape index (κ1) is 30.5. The molecule has 1 aliphatic heterocycles. The van der Waals surface area contributed by atoms with E-state index in [2.05, 4.69) is 39.9 Å². The van der Waals surface area contributed by atoms with E-state index in [0.717, 1.165) is 51.4 Å². The molecular formula is C37H53NO6. The molecule has 0 aromatic heterocycles. The number of carbonyl (C=O) groups excluding carboxylic acids is 1. The van der Waals surface area contributed by atoms with Crippen LogP contribution in [0.1, 0.15) is 98.8 Å². The van der Waals surface area contributed by atoms with Crippen molar-refractivity contribution in [2.24, 2.45) is 56.7 Å². The van der Waals surface area contributed by atoms with Gasteiger partial charge < -0.3 is 19.7 Å². The molecule has 7 heteroatoms. The first-order valence-electron chi connectivity index (χ1n) is 17.3. The van der Waals surface area contributed by atoms with Crippen LogP contribution in [-0.2, 0) is 14.3 Å². The Morgan fingerprint density at radius 1 is 0.864 bits per heavy atom. The van der Waals surface area contributed by atoms with E-state index in [1.54, 1.807) is 0 Å². The van der Waals surface area contributed by atoms with Crippen LogP contribution in [0.2, 0.25) is 0 Å². The minimum Gasteiger partial charge on any atom is -0.481 e. The second-order valence-corrected chi connectivity index (χ2v) is 17.1. The van der Waals surface area contributed by atoms with Gasteiger partial charge in [-0.3, -0.25) is 10.1 Å². The first-order chi connectivity index (χ1) is 20.7. The van der Waals surface area contributed by atoms with Crippen molar-refractivity contribution in [1.82, 2.24) is 0 Å². The minimum atomic E-state index is -0.735. The molecule has 1 aromatic carbocycles. The Bertz CT molecular complexity index is 1310. The van der Waals surface area contributed by atoms with Crippen LogP contribution in [-0.4, -0.2) is 47.2 Å². The van der Waals surface area contributed by atoms with Gasteiger partial charge in [-0.1, -0.05) is 52.8 Å². The fraction of sp³-hybridized carbons (Fsp3) is 0.784. The summed E-state index contributed by atoms with van der Waals surface area (Å²) >= 11 is 0. The maximum atomic E-state index is 13.2. The van der Waals surface area contributed by atoms with E-state index in [1.807, 2.05) is 30.3 Å². The lowest BCUT2D eigenvalue weighted by molar-refractivity contribution is -0.250. The summed E-state index contributed by atoms with van der Waals surface area (Å²) in [6.07, 6.45) is 8.80. The van der Waals surface area contributed by atoms with Crippen LogP contribution in [0.5, 0.6) is 0 Å². The number of aliphatic hydroxyl groups is 1. The number of carbonyl (C=O) groups is 2. The van der Waals surface area contributed by atoms with Gasteiger partial charge >= 0.3 is 12.1 Å². The van der Waals surface area contributed by atoms with E-state index in [1.165, 1.54) is 0 Å². The van der Waals surface area contributed by atoms with E-state index in [4.69, 9.17) is 9.47 Å². The molecule has 7 nitrogen and oxygen atoms in total. The van der Waals surface area contributed by atoms with E-state index >= 15 is 0 Å². The van der Waals surface area contributed by atoms with Gasteiger partial charge in [0, 0.05) is 5.69 Å². The predicted octanol–water partition coefficient (Wildman–Crippen LogP) is 7.53. The number of amides is 1. The number of aliphatic hydroxyl groups excluding tert-OH is 1. The number of para-hydroxylation sites is 1. The molecule has 44 heavy (non-hydrogen) atoms. The lowest BCUT2D eigenvalue weighted by Crippen LogP contribution is -2.67. The SMILES string of the molecule is CC1(C)C2CC[C@]3(C)C(CCC4C5[C@H](C6(COC(=O)Nc7ccccc7)CO6)CC[C@]5(C(=O)O)CC[C@]43C)[C@@]2(C)CC[C@H]1O. The summed E-state index contributed by atoms with van der Waals surface area (Å²) in [5, 5.41) is 24.7. The Morgan fingerprint density at radius 3 is 2.27 bits per heavy atom. The van der Waals surface area contributed by atoms with Gasteiger partial charge in [0.05, 0.1) is 18.1 Å². The lowest BCUT2D eigenvalue weighted by Gasteiger charge is -2.72. The monoisotopic (exact) mass is 607 g/mol. The summed E-state index contributed by atoms with van der Waals surface area (Å²) in [7, 11) is 0. The van der Waals surface area contributed by atoms with Gasteiger partial charge in [0.1, 0.15) is 12.2 Å². The maximum absolute atomic E-state index is 13.2. The molecule has 1 heterocycles. The van der Waals surface area contributed by atoms with Crippen molar-refractivity contribution in [2.75, 3.05) is 18.5 Å². The van der Waals surface area contributed by atoms with Gasteiger partial charge in [0.25, 0.3) is 0 Å². The molecule has 1 saturated heterocycles. The lowest BCUT2D eigenvalue weighted by atomic mass is 9.32. The van der Waals surface area contributed by atoms with Gasteiger partial charge in [-0.25, -0.2) is 4.79 Å². The summed E-state index contributed by atoms with van der Waals surface area (Å²) in [4.78, 5) is 26.0. The van der Waals surface area contributed by atoms with Crippen molar-refractivity contribution in [3.05, 3.63) is 30.3 Å². The van der Waals surface area contributed by atoms with Crippen molar-refractivity contribution >= 4 is 17.7 Å². The molecule has 6 aliphatic rings. The third-order valence-corrected chi connectivity index (χ3v) is 15.5. The normalized spacial score (nSPS) is 48.6. The molecule has 5 unspecified atom stereocenters. The highest BCUT2D eigenvalue weighted by Crippen LogP contribution is 2.78. The van der Waals surface area contributed by atoms with Gasteiger partial charge in [-0.2, -0.15) is 0 Å². The van der Waals surface area contributed by atoms with Crippen LogP contribution < -0.4 is 5.32 Å². The Kier molecular flexibility index (Phi) is 6.90. The van der Waals surface area contributed by atoms with E-state index in [0.29, 0.717) is 42.9 Å². The van der Waals surface area contributed by atoms with E-state index < -0.39 is 23.1 Å². The molecule has 6 fully saturated rings. The summed E-state index contributed by atoms with van der Waals surface area (Å²) in [5.74, 6) is 0.785. The second-order valence-electron chi connectivity index (χ2n) is 17.1. The summed E-state index contributed by atoms with van der Waals surface area (Å²) < 4.78 is 12.0. The van der Waals surface area contributed by atoms with Crippen molar-refractivity contribution in [2.45, 2.75) is 111 Å². The number of fused-ring (bicyclic) bond motifs is 7. The number of anilines is 1. The zero-order chi connectivity index (χ0) is 31.3. The molecule has 11 atom stereocenters. The van der Waals surface area contributed by atoms with Gasteiger partial charge in [-0.15, -0.1) is 0 Å². The summed E-state index contributed by atoms with van der Waals surface area (Å²) in [5.41, 5.74) is -0.419. The van der Waals surface area contributed by atoms with Crippen LogP contribution >= 0.6 is 0 Å². The van der Waals surface area contributed by atoms with Crippen LogP contribution in [0.25, 0.3) is 0 Å². The zero-order valence-electron chi connectivity index (χ0n) is 27.4. The summed E-state index contributed by atoms with van der Waals surface area (Å²) in [6.45, 7) is 12.9. The largest absolute Gasteiger partial charge is 0.481 e. The number of aliphatic carboxylic acids is 1. The maximum Gasteiger partial charge on any atom is 0.411 e. The predicted molar refractivity (Wildman–Crippen MR) is 168 cm³/mol. The van der Waals surface area contributed by atoms with Crippen LogP contribution in [0.3, 0.4) is 0 Å². The molecule has 0 radical (unpaired) electrons. The molecule has 3 N–H and O–H groups in total. The van der Waals surface area contributed by atoms with Crippen LogP contribution in [0.15, 0.2) is 30.3 Å². The molecular weight excluding hydrogens is 554 g/mol. The fourth-order valence-electron chi connectivity index (χ4n) is 12.9. The number of carboxylic acids is 1. The summed E-state index contributed by atoms with van der Waals surface area (Å²) in [6, 6.07) is 9.29. The Labute approximate surface area is 262 Å². The number of epoxide rings is 1. The number of ether oxygens (including phenoxy) is 2. The number of hydrogen-bond acceptors (Lipinski definition) is 5. The van der Waals surface area contributed by atoms with Crippen molar-refractivity contribution in [3.8, 4) is 0 Å². The highest BCUT2D eigenvalue weighted by molar-refractivity contribution is 5.84. The molecule has 5 saturated carbocycles. The van der Waals surface area contributed by atoms with Crippen molar-refractivity contribution in [1.29, 1.82) is 0 Å². The topological polar surface area (TPSA) is 108 Å². The molecule has 0 spiro atoms. The van der Waals surface area contributed by atoms with Crippen LogP contribution in [0.4, 0.5) is 10.5 Å². The zero-order valence-corrected chi connectivity index (χ0v) is 27.4. The van der Waals surface area contributed by atoms with Gasteiger partial charge in [0.15, 0.2) is 0 Å². The third-order valence-electron chi connectivity index (χ3n) is 15.5. The molecule has 242 valence electrons. The smallest absolute Gasteiger partial charge is 0.411 e. The number of benzene rings is 1. The van der Waals surface area contributed by atoms with Gasteiger partial charge in [-0.05, 0) is 128 Å². The number of hydrogen-bond donors (Lipinski definition) is 3. The molecule has 7 rings (SSSR count). The Balaban J connectivity index is 1.17. The molecule has 1 aromatic rings. The van der Waals surface area contributed by atoms with E-state index in [-0.39, 0.29) is 46.2 Å². The second kappa shape index (κ2) is 9.94. The quantitative estimate of drug-likeness (QED) is 0.299. The molecule has 0 bridgehead atoms. The Hall–Kier alpha value is -2.12. The molecule has 5 aliphatic carbocycles. The van der Waals surface area contributed by atoms with Crippen molar-refractivity contribution in [3.63, 3.8) is 0 Å².